The van der Waals surface area contributed by atoms with Crippen molar-refractivity contribution in [1.82, 2.24) is 0 Å². The Balaban J connectivity index is 2.98. The molecule has 0 heterocycles. The summed E-state index contributed by atoms with van der Waals surface area (Å²) in [7, 11) is 0. The fraction of sp³-hybridized carbons (Fsp3) is 0.250. The van der Waals surface area contributed by atoms with E-state index in [0.29, 0.717) is 17.0 Å². The number of carbonyl (C=O) groups is 1. The van der Waals surface area contributed by atoms with E-state index in [-0.39, 0.29) is 0 Å². The molecule has 0 amide bonds. The molecule has 0 saturated carbocycles. The van der Waals surface area contributed by atoms with Gasteiger partial charge in [-0.05, 0) is 31.0 Å². The summed E-state index contributed by atoms with van der Waals surface area (Å²) >= 11 is 11.4. The molecule has 4 heteroatoms. The van der Waals surface area contributed by atoms with Crippen LogP contribution >= 0.6 is 23.2 Å². The summed E-state index contributed by atoms with van der Waals surface area (Å²) in [4.78, 5) is 11.1. The number of hydrogen-bond acceptors (Lipinski definition) is 1. The standard InChI is InChI=1S/C12H12Cl2O2/c1-8(7-13)5-11(12(15)16)9-3-2-4-10(14)6-9/h2-4,6-7,11H,5H2,1H3,(H,15,16)/b8-7-. The molecular formula is C12H12Cl2O2. The third kappa shape index (κ3) is 3.54. The maximum absolute atomic E-state index is 11.1. The first kappa shape index (κ1) is 13.1. The van der Waals surface area contributed by atoms with Crippen LogP contribution in [0.1, 0.15) is 24.8 Å². The van der Waals surface area contributed by atoms with Crippen LogP contribution in [-0.2, 0) is 4.79 Å². The Kier molecular flexibility index (Phi) is 4.84. The number of carboxylic acid groups (broad SMARTS) is 1. The topological polar surface area (TPSA) is 37.3 Å². The second-order valence-corrected chi connectivity index (χ2v) is 4.26. The zero-order valence-electron chi connectivity index (χ0n) is 8.78. The lowest BCUT2D eigenvalue weighted by Gasteiger charge is -2.12. The molecule has 0 fully saturated rings. The van der Waals surface area contributed by atoms with Gasteiger partial charge >= 0.3 is 5.97 Å². The molecular weight excluding hydrogens is 247 g/mol. The van der Waals surface area contributed by atoms with Gasteiger partial charge in [-0.15, -0.1) is 0 Å². The third-order valence-electron chi connectivity index (χ3n) is 2.26. The Bertz CT molecular complexity index is 413. The Morgan fingerprint density at radius 2 is 2.25 bits per heavy atom. The molecule has 1 aromatic carbocycles. The fourth-order valence-corrected chi connectivity index (χ4v) is 1.73. The van der Waals surface area contributed by atoms with Gasteiger partial charge in [-0.1, -0.05) is 40.9 Å². The fourth-order valence-electron chi connectivity index (χ4n) is 1.44. The maximum Gasteiger partial charge on any atom is 0.311 e. The smallest absolute Gasteiger partial charge is 0.311 e. The second-order valence-electron chi connectivity index (χ2n) is 3.61. The molecule has 0 aromatic heterocycles. The number of rotatable bonds is 4. The van der Waals surface area contributed by atoms with E-state index in [2.05, 4.69) is 0 Å². The molecule has 0 aliphatic carbocycles. The molecule has 16 heavy (non-hydrogen) atoms. The van der Waals surface area contributed by atoms with Crippen LogP contribution in [0.4, 0.5) is 0 Å². The average Bonchev–Trinajstić information content (AvgIpc) is 2.25. The lowest BCUT2D eigenvalue weighted by Crippen LogP contribution is -2.12. The molecule has 0 spiro atoms. The number of aliphatic carboxylic acids is 1. The molecule has 86 valence electrons. The van der Waals surface area contributed by atoms with Gasteiger partial charge in [0.15, 0.2) is 0 Å². The van der Waals surface area contributed by atoms with Gasteiger partial charge < -0.3 is 5.11 Å². The lowest BCUT2D eigenvalue weighted by molar-refractivity contribution is -0.138. The minimum atomic E-state index is -0.875. The van der Waals surface area contributed by atoms with Gasteiger partial charge in [-0.3, -0.25) is 4.79 Å². The van der Waals surface area contributed by atoms with E-state index in [1.54, 1.807) is 31.2 Å². The zero-order valence-corrected chi connectivity index (χ0v) is 10.3. The first-order chi connectivity index (χ1) is 7.54. The summed E-state index contributed by atoms with van der Waals surface area (Å²) in [5.74, 6) is -1.48. The quantitative estimate of drug-likeness (QED) is 0.885. The molecule has 2 nitrogen and oxygen atoms in total. The number of hydrogen-bond donors (Lipinski definition) is 1. The Morgan fingerprint density at radius 1 is 1.56 bits per heavy atom. The normalized spacial score (nSPS) is 13.6. The first-order valence-corrected chi connectivity index (χ1v) is 5.60. The van der Waals surface area contributed by atoms with E-state index in [1.165, 1.54) is 5.54 Å². The molecule has 0 aliphatic heterocycles. The van der Waals surface area contributed by atoms with Crippen molar-refractivity contribution in [1.29, 1.82) is 0 Å². The van der Waals surface area contributed by atoms with E-state index < -0.39 is 11.9 Å². The second kappa shape index (κ2) is 5.92. The van der Waals surface area contributed by atoms with Gasteiger partial charge in [0.05, 0.1) is 5.92 Å². The van der Waals surface area contributed by atoms with E-state index in [9.17, 15) is 4.79 Å². The Hall–Kier alpha value is -0.990. The Morgan fingerprint density at radius 3 is 2.75 bits per heavy atom. The molecule has 0 aliphatic rings. The molecule has 1 rings (SSSR count). The summed E-state index contributed by atoms with van der Waals surface area (Å²) in [6.45, 7) is 1.80. The summed E-state index contributed by atoms with van der Waals surface area (Å²) in [6.07, 6.45) is 0.388. The highest BCUT2D eigenvalue weighted by Crippen LogP contribution is 2.26. The molecule has 1 atom stereocenters. The van der Waals surface area contributed by atoms with Crippen molar-refractivity contribution in [2.45, 2.75) is 19.3 Å². The number of carboxylic acids is 1. The molecule has 0 saturated heterocycles. The monoisotopic (exact) mass is 258 g/mol. The highest BCUT2D eigenvalue weighted by atomic mass is 35.5. The van der Waals surface area contributed by atoms with Crippen LogP contribution in [0.5, 0.6) is 0 Å². The predicted molar refractivity (Wildman–Crippen MR) is 66.1 cm³/mol. The largest absolute Gasteiger partial charge is 0.481 e. The van der Waals surface area contributed by atoms with Gasteiger partial charge in [0, 0.05) is 10.6 Å². The number of halogens is 2. The highest BCUT2D eigenvalue weighted by molar-refractivity contribution is 6.30. The van der Waals surface area contributed by atoms with E-state index in [4.69, 9.17) is 28.3 Å². The van der Waals surface area contributed by atoms with Gasteiger partial charge in [0.2, 0.25) is 0 Å². The van der Waals surface area contributed by atoms with Crippen LogP contribution < -0.4 is 0 Å². The van der Waals surface area contributed by atoms with Crippen molar-refractivity contribution in [3.05, 3.63) is 46.0 Å². The van der Waals surface area contributed by atoms with Crippen LogP contribution in [0.3, 0.4) is 0 Å². The number of benzene rings is 1. The average molecular weight is 259 g/mol. The summed E-state index contributed by atoms with van der Waals surface area (Å²) in [6, 6.07) is 6.88. The Labute approximate surface area is 104 Å². The van der Waals surface area contributed by atoms with E-state index in [0.717, 1.165) is 5.57 Å². The van der Waals surface area contributed by atoms with Crippen LogP contribution in [0.2, 0.25) is 5.02 Å². The zero-order chi connectivity index (χ0) is 12.1. The SMILES string of the molecule is C/C(=C/Cl)CC(C(=O)O)c1cccc(Cl)c1. The molecule has 1 aromatic rings. The van der Waals surface area contributed by atoms with Crippen molar-refractivity contribution in [2.24, 2.45) is 0 Å². The summed E-state index contributed by atoms with van der Waals surface area (Å²) in [5.41, 5.74) is 2.92. The van der Waals surface area contributed by atoms with E-state index >= 15 is 0 Å². The van der Waals surface area contributed by atoms with Gasteiger partial charge in [0.1, 0.15) is 0 Å². The minimum absolute atomic E-state index is 0.388. The number of allylic oxidation sites excluding steroid dienone is 1. The molecule has 0 bridgehead atoms. The molecule has 1 unspecified atom stereocenters. The van der Waals surface area contributed by atoms with Crippen molar-refractivity contribution in [3.63, 3.8) is 0 Å². The first-order valence-electron chi connectivity index (χ1n) is 4.78. The predicted octanol–water partition coefficient (Wildman–Crippen LogP) is 4.04. The minimum Gasteiger partial charge on any atom is -0.481 e. The van der Waals surface area contributed by atoms with Crippen molar-refractivity contribution >= 4 is 29.2 Å². The van der Waals surface area contributed by atoms with Gasteiger partial charge in [-0.25, -0.2) is 0 Å². The third-order valence-corrected chi connectivity index (χ3v) is 2.87. The maximum atomic E-state index is 11.1. The van der Waals surface area contributed by atoms with Crippen molar-refractivity contribution in [2.75, 3.05) is 0 Å². The van der Waals surface area contributed by atoms with Crippen LogP contribution in [0.25, 0.3) is 0 Å². The molecule has 0 radical (unpaired) electrons. The summed E-state index contributed by atoms with van der Waals surface area (Å²) in [5, 5.41) is 9.69. The van der Waals surface area contributed by atoms with E-state index in [1.807, 2.05) is 0 Å². The molecule has 1 N–H and O–H groups in total. The van der Waals surface area contributed by atoms with Crippen molar-refractivity contribution in [3.8, 4) is 0 Å². The van der Waals surface area contributed by atoms with Crippen LogP contribution in [0.15, 0.2) is 35.4 Å². The van der Waals surface area contributed by atoms with Crippen molar-refractivity contribution < 1.29 is 9.90 Å². The lowest BCUT2D eigenvalue weighted by atomic mass is 9.93. The van der Waals surface area contributed by atoms with Gasteiger partial charge in [0.25, 0.3) is 0 Å². The van der Waals surface area contributed by atoms with Crippen LogP contribution in [-0.4, -0.2) is 11.1 Å². The highest BCUT2D eigenvalue weighted by Gasteiger charge is 2.20. The summed E-state index contributed by atoms with van der Waals surface area (Å²) < 4.78 is 0. The van der Waals surface area contributed by atoms with Crippen LogP contribution in [0, 0.1) is 0 Å². The van der Waals surface area contributed by atoms with Gasteiger partial charge in [-0.2, -0.15) is 0 Å².